The molecule has 4 N–H and O–H groups in total. The van der Waals surface area contributed by atoms with Crippen LogP contribution in [0.2, 0.25) is 0 Å². The second-order valence-corrected chi connectivity index (χ2v) is 5.53. The second-order valence-electron chi connectivity index (χ2n) is 5.53. The molecule has 2 heteroatoms. The van der Waals surface area contributed by atoms with Crippen molar-refractivity contribution in [2.45, 2.75) is 91.1 Å². The van der Waals surface area contributed by atoms with E-state index in [4.69, 9.17) is 11.5 Å². The Morgan fingerprint density at radius 3 is 1.12 bits per heavy atom. The third kappa shape index (κ3) is 2.39. The van der Waals surface area contributed by atoms with Crippen molar-refractivity contribution in [3.05, 3.63) is 0 Å². The summed E-state index contributed by atoms with van der Waals surface area (Å²) >= 11 is 0. The minimum Gasteiger partial charge on any atom is -0.324 e. The van der Waals surface area contributed by atoms with E-state index in [9.17, 15) is 0 Å². The Bertz CT molecular complexity index is 209. The van der Waals surface area contributed by atoms with Crippen molar-refractivity contribution < 1.29 is 0 Å². The van der Waals surface area contributed by atoms with Gasteiger partial charge in [-0.3, -0.25) is 0 Å². The molecular weight excluding hydrogens is 208 g/mol. The van der Waals surface area contributed by atoms with Crippen molar-refractivity contribution in [1.29, 1.82) is 0 Å². The van der Waals surface area contributed by atoms with E-state index in [1.54, 1.807) is 0 Å². The van der Waals surface area contributed by atoms with E-state index in [0.29, 0.717) is 0 Å². The molecule has 1 unspecified atom stereocenters. The maximum absolute atomic E-state index is 6.88. The first-order valence-corrected chi connectivity index (χ1v) is 7.44. The molecule has 104 valence electrons. The molecule has 0 saturated carbocycles. The van der Waals surface area contributed by atoms with Gasteiger partial charge in [0, 0.05) is 11.1 Å². The lowest BCUT2D eigenvalue weighted by Gasteiger charge is -2.57. The van der Waals surface area contributed by atoms with Crippen LogP contribution >= 0.6 is 0 Å². The number of hydrogen-bond donors (Lipinski definition) is 2. The molecule has 0 amide bonds. The molecule has 0 aromatic rings. The molecule has 0 saturated heterocycles. The van der Waals surface area contributed by atoms with E-state index < -0.39 is 0 Å². The van der Waals surface area contributed by atoms with Gasteiger partial charge in [-0.05, 0) is 43.9 Å². The molecule has 0 spiro atoms. The predicted molar refractivity (Wildman–Crippen MR) is 78.0 cm³/mol. The minimum absolute atomic E-state index is 0.169. The van der Waals surface area contributed by atoms with Crippen LogP contribution in [-0.4, -0.2) is 11.1 Å². The summed E-state index contributed by atoms with van der Waals surface area (Å²) in [6.07, 6.45) is 6.21. The summed E-state index contributed by atoms with van der Waals surface area (Å²) in [7, 11) is 0. The Morgan fingerprint density at radius 2 is 0.941 bits per heavy atom. The van der Waals surface area contributed by atoms with E-state index in [2.05, 4.69) is 41.5 Å². The number of rotatable bonds is 8. The Kier molecular flexibility index (Phi) is 6.16. The molecule has 0 aliphatic heterocycles. The van der Waals surface area contributed by atoms with E-state index in [0.717, 1.165) is 38.5 Å². The highest BCUT2D eigenvalue weighted by molar-refractivity contribution is 5.14. The van der Waals surface area contributed by atoms with E-state index in [1.165, 1.54) is 0 Å². The summed E-state index contributed by atoms with van der Waals surface area (Å²) < 4.78 is 0. The molecule has 0 aliphatic carbocycles. The van der Waals surface area contributed by atoms with Gasteiger partial charge in [0.25, 0.3) is 0 Å². The van der Waals surface area contributed by atoms with Gasteiger partial charge in [-0.25, -0.2) is 0 Å². The average molecular weight is 242 g/mol. The summed E-state index contributed by atoms with van der Waals surface area (Å²) in [5.41, 5.74) is 13.2. The largest absolute Gasteiger partial charge is 0.324 e. The van der Waals surface area contributed by atoms with Gasteiger partial charge in [-0.1, -0.05) is 41.5 Å². The quantitative estimate of drug-likeness (QED) is 0.679. The van der Waals surface area contributed by atoms with Gasteiger partial charge in [-0.15, -0.1) is 0 Å². The second kappa shape index (κ2) is 6.19. The van der Waals surface area contributed by atoms with Crippen LogP contribution in [0.5, 0.6) is 0 Å². The highest BCUT2D eigenvalue weighted by atomic mass is 15.0. The molecule has 0 aromatic heterocycles. The van der Waals surface area contributed by atoms with Gasteiger partial charge in [0.1, 0.15) is 0 Å². The molecule has 0 aromatic carbocycles. The molecule has 0 fully saturated rings. The molecule has 17 heavy (non-hydrogen) atoms. The van der Waals surface area contributed by atoms with Crippen LogP contribution in [0.1, 0.15) is 80.1 Å². The van der Waals surface area contributed by atoms with Crippen LogP contribution in [0.3, 0.4) is 0 Å². The van der Waals surface area contributed by atoms with Gasteiger partial charge in [0.2, 0.25) is 0 Å². The monoisotopic (exact) mass is 242 g/mol. The van der Waals surface area contributed by atoms with Crippen LogP contribution in [0, 0.1) is 5.41 Å². The zero-order valence-electron chi connectivity index (χ0n) is 12.9. The third-order valence-electron chi connectivity index (χ3n) is 5.68. The molecule has 0 radical (unpaired) electrons. The Morgan fingerprint density at radius 1 is 0.588 bits per heavy atom. The minimum atomic E-state index is -0.262. The maximum Gasteiger partial charge on any atom is 0.0390 e. The van der Waals surface area contributed by atoms with E-state index >= 15 is 0 Å². The Labute approximate surface area is 109 Å². The maximum atomic E-state index is 6.88. The Hall–Kier alpha value is -0.0800. The zero-order chi connectivity index (χ0) is 13.7. The molecule has 0 heterocycles. The lowest BCUT2D eigenvalue weighted by atomic mass is 9.54. The first-order valence-electron chi connectivity index (χ1n) is 7.44. The first-order chi connectivity index (χ1) is 7.86. The third-order valence-corrected chi connectivity index (χ3v) is 5.68. The first kappa shape index (κ1) is 16.9. The van der Waals surface area contributed by atoms with Crippen LogP contribution in [0.25, 0.3) is 0 Å². The molecule has 2 nitrogen and oxygen atoms in total. The van der Waals surface area contributed by atoms with Crippen molar-refractivity contribution in [1.82, 2.24) is 0 Å². The van der Waals surface area contributed by atoms with Gasteiger partial charge in [0.05, 0.1) is 0 Å². The predicted octanol–water partition coefficient (Wildman–Crippen LogP) is 3.83. The standard InChI is InChI=1S/C15H34N2/c1-7-13(8-2,9-3)15(17,12-6)14(16,10-4)11-5/h7-12,16-17H2,1-6H3. The lowest BCUT2D eigenvalue weighted by molar-refractivity contribution is 0.0186. The van der Waals surface area contributed by atoms with Crippen molar-refractivity contribution in [2.75, 3.05) is 0 Å². The van der Waals surface area contributed by atoms with Crippen molar-refractivity contribution in [2.24, 2.45) is 16.9 Å². The van der Waals surface area contributed by atoms with Crippen molar-refractivity contribution >= 4 is 0 Å². The van der Waals surface area contributed by atoms with Gasteiger partial charge < -0.3 is 11.5 Å². The van der Waals surface area contributed by atoms with Gasteiger partial charge in [0.15, 0.2) is 0 Å². The van der Waals surface area contributed by atoms with Crippen LogP contribution < -0.4 is 11.5 Å². The summed E-state index contributed by atoms with van der Waals surface area (Å²) in [5.74, 6) is 0. The summed E-state index contributed by atoms with van der Waals surface area (Å²) in [5, 5.41) is 0. The molecular formula is C15H34N2. The van der Waals surface area contributed by atoms with Crippen molar-refractivity contribution in [3.8, 4) is 0 Å². The topological polar surface area (TPSA) is 52.0 Å². The van der Waals surface area contributed by atoms with Crippen LogP contribution in [0.15, 0.2) is 0 Å². The molecule has 0 rings (SSSR count). The summed E-state index contributed by atoms with van der Waals surface area (Å²) in [6.45, 7) is 13.3. The van der Waals surface area contributed by atoms with E-state index in [1.807, 2.05) is 0 Å². The fraction of sp³-hybridized carbons (Fsp3) is 1.00. The van der Waals surface area contributed by atoms with Crippen molar-refractivity contribution in [3.63, 3.8) is 0 Å². The average Bonchev–Trinajstić information content (AvgIpc) is 2.39. The normalized spacial score (nSPS) is 16.9. The SMILES string of the molecule is CCC(N)(CC)C(N)(CC)C(CC)(CC)CC. The molecule has 0 bridgehead atoms. The number of hydrogen-bond acceptors (Lipinski definition) is 2. The fourth-order valence-electron chi connectivity index (χ4n) is 3.83. The number of nitrogens with two attached hydrogens (primary N) is 2. The van der Waals surface area contributed by atoms with Crippen LogP contribution in [-0.2, 0) is 0 Å². The highest BCUT2D eigenvalue weighted by Gasteiger charge is 2.53. The van der Waals surface area contributed by atoms with E-state index in [-0.39, 0.29) is 16.5 Å². The van der Waals surface area contributed by atoms with Gasteiger partial charge >= 0.3 is 0 Å². The Balaban J connectivity index is 5.67. The zero-order valence-corrected chi connectivity index (χ0v) is 12.9. The molecule has 0 aliphatic rings. The molecule has 1 atom stereocenters. The highest BCUT2D eigenvalue weighted by Crippen LogP contribution is 2.48. The smallest absolute Gasteiger partial charge is 0.0390 e. The summed E-state index contributed by atoms with van der Waals surface area (Å²) in [4.78, 5) is 0. The van der Waals surface area contributed by atoms with Crippen LogP contribution in [0.4, 0.5) is 0 Å². The lowest BCUT2D eigenvalue weighted by Crippen LogP contribution is -2.72. The van der Waals surface area contributed by atoms with Gasteiger partial charge in [-0.2, -0.15) is 0 Å². The summed E-state index contributed by atoms with van der Waals surface area (Å²) in [6, 6.07) is 0. The fourth-order valence-corrected chi connectivity index (χ4v) is 3.83.